The summed E-state index contributed by atoms with van der Waals surface area (Å²) in [5, 5.41) is 12.1. The second-order valence-electron chi connectivity index (χ2n) is 6.98. The Bertz CT molecular complexity index is 1160. The van der Waals surface area contributed by atoms with Crippen molar-refractivity contribution in [3.8, 4) is 17.1 Å². The molecule has 0 fully saturated rings. The maximum Gasteiger partial charge on any atom is 0.230 e. The van der Waals surface area contributed by atoms with Gasteiger partial charge in [-0.05, 0) is 36.8 Å². The second-order valence-corrected chi connectivity index (χ2v) is 7.92. The lowest BCUT2D eigenvalue weighted by Gasteiger charge is -2.14. The van der Waals surface area contributed by atoms with Crippen LogP contribution < -0.4 is 5.32 Å². The van der Waals surface area contributed by atoms with Crippen LogP contribution in [-0.4, -0.2) is 26.4 Å². The largest absolute Gasteiger partial charge is 0.349 e. The summed E-state index contributed by atoms with van der Waals surface area (Å²) >= 11 is 1.29. The first-order valence-corrected chi connectivity index (χ1v) is 10.8. The normalized spacial score (nSPS) is 11.8. The number of rotatable bonds is 7. The van der Waals surface area contributed by atoms with Crippen molar-refractivity contribution in [1.82, 2.24) is 20.1 Å². The van der Waals surface area contributed by atoms with Gasteiger partial charge in [0.15, 0.2) is 11.0 Å². The molecule has 0 saturated heterocycles. The fourth-order valence-corrected chi connectivity index (χ4v) is 3.99. The number of carbonyl (C=O) groups is 1. The first-order chi connectivity index (χ1) is 15.1. The predicted molar refractivity (Wildman–Crippen MR) is 120 cm³/mol. The van der Waals surface area contributed by atoms with Crippen LogP contribution in [0.3, 0.4) is 0 Å². The average molecular weight is 433 g/mol. The van der Waals surface area contributed by atoms with Crippen LogP contribution in [0.25, 0.3) is 17.1 Å². The number of amides is 1. The van der Waals surface area contributed by atoms with E-state index >= 15 is 0 Å². The number of hydrogen-bond donors (Lipinski definition) is 1. The summed E-state index contributed by atoms with van der Waals surface area (Å²) in [5.74, 6) is 0.261. The fraction of sp³-hybridized carbons (Fsp3) is 0.125. The van der Waals surface area contributed by atoms with Gasteiger partial charge in [-0.3, -0.25) is 9.36 Å². The molecule has 3 aromatic carbocycles. The Hall–Kier alpha value is -3.45. The van der Waals surface area contributed by atoms with Crippen molar-refractivity contribution < 1.29 is 9.18 Å². The lowest BCUT2D eigenvalue weighted by Crippen LogP contribution is -2.28. The number of nitrogens with zero attached hydrogens (tertiary/aromatic N) is 3. The molecule has 0 aliphatic rings. The van der Waals surface area contributed by atoms with Crippen LogP contribution in [0, 0.1) is 5.82 Å². The topological polar surface area (TPSA) is 59.8 Å². The molecule has 1 aromatic heterocycles. The van der Waals surface area contributed by atoms with E-state index < -0.39 is 0 Å². The Morgan fingerprint density at radius 3 is 2.42 bits per heavy atom. The number of carbonyl (C=O) groups excluding carboxylic acids is 1. The molecule has 7 heteroatoms. The molecule has 1 N–H and O–H groups in total. The third kappa shape index (κ3) is 5.00. The number of thioether (sulfide) groups is 1. The van der Waals surface area contributed by atoms with E-state index in [1.54, 1.807) is 12.1 Å². The molecule has 4 aromatic rings. The molecule has 1 heterocycles. The molecule has 1 amide bonds. The van der Waals surface area contributed by atoms with Crippen LogP contribution >= 0.6 is 11.8 Å². The zero-order valence-electron chi connectivity index (χ0n) is 16.9. The number of hydrogen-bond acceptors (Lipinski definition) is 4. The molecule has 0 aliphatic heterocycles. The van der Waals surface area contributed by atoms with Gasteiger partial charge in [-0.15, -0.1) is 10.2 Å². The van der Waals surface area contributed by atoms with Gasteiger partial charge < -0.3 is 5.32 Å². The monoisotopic (exact) mass is 432 g/mol. The molecule has 5 nitrogen and oxygen atoms in total. The number of benzene rings is 3. The molecular formula is C24H21FN4OS. The Morgan fingerprint density at radius 1 is 1.00 bits per heavy atom. The van der Waals surface area contributed by atoms with Crippen molar-refractivity contribution >= 4 is 17.7 Å². The molecule has 0 radical (unpaired) electrons. The van der Waals surface area contributed by atoms with Gasteiger partial charge in [0.05, 0.1) is 11.8 Å². The van der Waals surface area contributed by atoms with Crippen molar-refractivity contribution in [2.24, 2.45) is 0 Å². The van der Waals surface area contributed by atoms with E-state index in [-0.39, 0.29) is 23.5 Å². The summed E-state index contributed by atoms with van der Waals surface area (Å²) in [6.07, 6.45) is 0. The van der Waals surface area contributed by atoms with E-state index in [4.69, 9.17) is 0 Å². The van der Waals surface area contributed by atoms with E-state index in [0.717, 1.165) is 11.3 Å². The molecular weight excluding hydrogens is 411 g/mol. The Balaban J connectivity index is 1.55. The average Bonchev–Trinajstić information content (AvgIpc) is 3.23. The lowest BCUT2D eigenvalue weighted by molar-refractivity contribution is -0.119. The molecule has 31 heavy (non-hydrogen) atoms. The second kappa shape index (κ2) is 9.57. The summed E-state index contributed by atoms with van der Waals surface area (Å²) in [7, 11) is 0. The number of nitrogens with one attached hydrogen (secondary N) is 1. The standard InChI is InChI=1S/C24H21FN4OS/c1-17(18-9-4-2-5-10-18)26-22(30)16-31-24-28-27-23(19-11-8-12-20(25)15-19)29(24)21-13-6-3-7-14-21/h2-15,17H,16H2,1H3,(H,26,30)/t17-/m0/s1. The highest BCUT2D eigenvalue weighted by atomic mass is 32.2. The van der Waals surface area contributed by atoms with E-state index in [2.05, 4.69) is 15.5 Å². The van der Waals surface area contributed by atoms with Crippen molar-refractivity contribution in [2.45, 2.75) is 18.1 Å². The van der Waals surface area contributed by atoms with E-state index in [1.165, 1.54) is 23.9 Å². The van der Waals surface area contributed by atoms with Gasteiger partial charge in [0.1, 0.15) is 5.82 Å². The highest BCUT2D eigenvalue weighted by Gasteiger charge is 2.18. The van der Waals surface area contributed by atoms with Gasteiger partial charge in [0.25, 0.3) is 0 Å². The van der Waals surface area contributed by atoms with Gasteiger partial charge in [-0.2, -0.15) is 0 Å². The zero-order chi connectivity index (χ0) is 21.6. The third-order valence-electron chi connectivity index (χ3n) is 4.74. The van der Waals surface area contributed by atoms with Crippen LogP contribution in [0.2, 0.25) is 0 Å². The van der Waals surface area contributed by atoms with Crippen LogP contribution in [-0.2, 0) is 4.79 Å². The van der Waals surface area contributed by atoms with Crippen LogP contribution in [0.4, 0.5) is 4.39 Å². The van der Waals surface area contributed by atoms with Gasteiger partial charge in [0.2, 0.25) is 5.91 Å². The lowest BCUT2D eigenvalue weighted by atomic mass is 10.1. The van der Waals surface area contributed by atoms with Gasteiger partial charge >= 0.3 is 0 Å². The fourth-order valence-electron chi connectivity index (χ4n) is 3.23. The quantitative estimate of drug-likeness (QED) is 0.416. The van der Waals surface area contributed by atoms with Gasteiger partial charge in [0, 0.05) is 11.3 Å². The molecule has 4 rings (SSSR count). The van der Waals surface area contributed by atoms with Gasteiger partial charge in [-0.1, -0.05) is 72.4 Å². The summed E-state index contributed by atoms with van der Waals surface area (Å²) in [6.45, 7) is 1.95. The van der Waals surface area contributed by atoms with E-state index in [9.17, 15) is 9.18 Å². The molecule has 0 saturated carbocycles. The van der Waals surface area contributed by atoms with E-state index in [0.29, 0.717) is 16.5 Å². The van der Waals surface area contributed by atoms with E-state index in [1.807, 2.05) is 72.2 Å². The van der Waals surface area contributed by atoms with Crippen molar-refractivity contribution in [3.05, 3.63) is 96.3 Å². The first-order valence-electron chi connectivity index (χ1n) is 9.85. The maximum atomic E-state index is 13.8. The van der Waals surface area contributed by atoms with Crippen molar-refractivity contribution in [2.75, 3.05) is 5.75 Å². The Morgan fingerprint density at radius 2 is 1.71 bits per heavy atom. The first kappa shape index (κ1) is 20.8. The van der Waals surface area contributed by atoms with Crippen LogP contribution in [0.15, 0.2) is 90.1 Å². The summed E-state index contributed by atoms with van der Waals surface area (Å²) in [6, 6.07) is 25.5. The summed E-state index contributed by atoms with van der Waals surface area (Å²) in [5.41, 5.74) is 2.50. The minimum absolute atomic E-state index is 0.0934. The number of aromatic nitrogens is 3. The summed E-state index contributed by atoms with van der Waals surface area (Å²) in [4.78, 5) is 12.5. The van der Waals surface area contributed by atoms with Crippen molar-refractivity contribution in [1.29, 1.82) is 0 Å². The third-order valence-corrected chi connectivity index (χ3v) is 5.67. The molecule has 1 atom stereocenters. The minimum Gasteiger partial charge on any atom is -0.349 e. The minimum atomic E-state index is -0.344. The highest BCUT2D eigenvalue weighted by Crippen LogP contribution is 2.28. The molecule has 0 aliphatic carbocycles. The molecule has 156 valence electrons. The zero-order valence-corrected chi connectivity index (χ0v) is 17.7. The Labute approximate surface area is 184 Å². The number of para-hydroxylation sites is 1. The Kier molecular flexibility index (Phi) is 6.43. The smallest absolute Gasteiger partial charge is 0.230 e. The molecule has 0 bridgehead atoms. The maximum absolute atomic E-state index is 13.8. The van der Waals surface area contributed by atoms with Crippen LogP contribution in [0.5, 0.6) is 0 Å². The van der Waals surface area contributed by atoms with Gasteiger partial charge in [-0.25, -0.2) is 4.39 Å². The van der Waals surface area contributed by atoms with Crippen molar-refractivity contribution in [3.63, 3.8) is 0 Å². The predicted octanol–water partition coefficient (Wildman–Crippen LogP) is 5.04. The van der Waals surface area contributed by atoms with Crippen LogP contribution in [0.1, 0.15) is 18.5 Å². The molecule has 0 spiro atoms. The highest BCUT2D eigenvalue weighted by molar-refractivity contribution is 7.99. The molecule has 0 unspecified atom stereocenters. The summed E-state index contributed by atoms with van der Waals surface area (Å²) < 4.78 is 15.6. The SMILES string of the molecule is C[C@H](NC(=O)CSc1nnc(-c2cccc(F)c2)n1-c1ccccc1)c1ccccc1. The number of halogens is 1.